The fourth-order valence-corrected chi connectivity index (χ4v) is 4.12. The highest BCUT2D eigenvalue weighted by atomic mass is 32.1. The lowest BCUT2D eigenvalue weighted by molar-refractivity contribution is 0.247. The minimum absolute atomic E-state index is 0.930. The summed E-state index contributed by atoms with van der Waals surface area (Å²) < 4.78 is 0. The third-order valence-corrected chi connectivity index (χ3v) is 5.83. The van der Waals surface area contributed by atoms with Crippen molar-refractivity contribution in [3.63, 3.8) is 0 Å². The third kappa shape index (κ3) is 3.94. The molecule has 1 aliphatic heterocycles. The van der Waals surface area contributed by atoms with Gasteiger partial charge in [-0.25, -0.2) is 9.97 Å². The van der Waals surface area contributed by atoms with E-state index in [4.69, 9.17) is 4.98 Å². The maximum Gasteiger partial charge on any atom is 0.128 e. The summed E-state index contributed by atoms with van der Waals surface area (Å²) in [4.78, 5) is 14.2. The molecule has 0 aliphatic carbocycles. The number of benzene rings is 1. The van der Waals surface area contributed by atoms with E-state index in [2.05, 4.69) is 63.5 Å². The van der Waals surface area contributed by atoms with Gasteiger partial charge in [0.15, 0.2) is 0 Å². The first-order valence-electron chi connectivity index (χ1n) is 9.24. The molecule has 4 rings (SSSR count). The van der Waals surface area contributed by atoms with Crippen molar-refractivity contribution in [3.05, 3.63) is 65.3 Å². The smallest absolute Gasteiger partial charge is 0.128 e. The van der Waals surface area contributed by atoms with Crippen LogP contribution in [0.3, 0.4) is 0 Å². The van der Waals surface area contributed by atoms with Crippen molar-refractivity contribution in [2.24, 2.45) is 0 Å². The Balaban J connectivity index is 1.35. The number of hydrogen-bond acceptors (Lipinski definition) is 5. The molecular weight excluding hydrogens is 340 g/mol. The van der Waals surface area contributed by atoms with Crippen molar-refractivity contribution in [1.29, 1.82) is 0 Å². The maximum atomic E-state index is 4.86. The van der Waals surface area contributed by atoms with Gasteiger partial charge in [0.2, 0.25) is 0 Å². The number of nitrogens with zero attached hydrogens (tertiary/aromatic N) is 4. The van der Waals surface area contributed by atoms with E-state index in [1.165, 1.54) is 16.8 Å². The first kappa shape index (κ1) is 17.2. The molecule has 134 valence electrons. The molecule has 3 heterocycles. The predicted octanol–water partition coefficient (Wildman–Crippen LogP) is 4.09. The quantitative estimate of drug-likeness (QED) is 0.683. The van der Waals surface area contributed by atoms with Crippen molar-refractivity contribution < 1.29 is 0 Å². The van der Waals surface area contributed by atoms with Crippen LogP contribution < -0.4 is 4.90 Å². The van der Waals surface area contributed by atoms with Crippen LogP contribution in [0.1, 0.15) is 18.2 Å². The van der Waals surface area contributed by atoms with E-state index in [0.717, 1.165) is 50.0 Å². The molecule has 0 atom stereocenters. The number of aromatic nitrogens is 2. The number of rotatable bonds is 5. The molecule has 2 aromatic heterocycles. The summed E-state index contributed by atoms with van der Waals surface area (Å²) in [5.74, 6) is 1.08. The Morgan fingerprint density at radius 1 is 1.00 bits per heavy atom. The number of anilines is 1. The van der Waals surface area contributed by atoms with Crippen molar-refractivity contribution >= 4 is 17.2 Å². The number of hydrogen-bond donors (Lipinski definition) is 0. The van der Waals surface area contributed by atoms with Crippen LogP contribution in [0.5, 0.6) is 0 Å². The molecule has 3 aromatic rings. The highest BCUT2D eigenvalue weighted by Crippen LogP contribution is 2.25. The van der Waals surface area contributed by atoms with Gasteiger partial charge in [-0.15, -0.1) is 11.3 Å². The average Bonchev–Trinajstić information content (AvgIpc) is 3.18. The summed E-state index contributed by atoms with van der Waals surface area (Å²) >= 11 is 1.74. The molecule has 5 heteroatoms. The summed E-state index contributed by atoms with van der Waals surface area (Å²) in [5, 5.41) is 3.32. The molecule has 0 unspecified atom stereocenters. The molecule has 0 amide bonds. The standard InChI is InChI=1S/C21H24N4S/c1-2-17-6-8-18(9-7-17)21-23-19(16-26-21)15-24-11-13-25(14-12-24)20-5-3-4-10-22-20/h3-10,16H,2,11-15H2,1H3. The SMILES string of the molecule is CCc1ccc(-c2nc(CN3CCN(c4ccccn4)CC3)cs2)cc1. The first-order valence-corrected chi connectivity index (χ1v) is 10.1. The van der Waals surface area contributed by atoms with Crippen molar-refractivity contribution in [2.45, 2.75) is 19.9 Å². The van der Waals surface area contributed by atoms with Crippen LogP contribution in [0.15, 0.2) is 54.0 Å². The summed E-state index contributed by atoms with van der Waals surface area (Å²) in [7, 11) is 0. The van der Waals surface area contributed by atoms with Crippen molar-refractivity contribution in [2.75, 3.05) is 31.1 Å². The van der Waals surface area contributed by atoms with Crippen LogP contribution in [0.2, 0.25) is 0 Å². The molecule has 1 fully saturated rings. The maximum absolute atomic E-state index is 4.86. The zero-order valence-electron chi connectivity index (χ0n) is 15.1. The molecule has 0 radical (unpaired) electrons. The van der Waals surface area contributed by atoms with Crippen molar-refractivity contribution in [3.8, 4) is 10.6 Å². The van der Waals surface area contributed by atoms with Crippen LogP contribution >= 0.6 is 11.3 Å². The van der Waals surface area contributed by atoms with Gasteiger partial charge in [-0.3, -0.25) is 4.90 Å². The Hall–Kier alpha value is -2.24. The van der Waals surface area contributed by atoms with Gasteiger partial charge in [0, 0.05) is 49.9 Å². The molecule has 26 heavy (non-hydrogen) atoms. The minimum atomic E-state index is 0.930. The van der Waals surface area contributed by atoms with Gasteiger partial charge < -0.3 is 4.90 Å². The van der Waals surface area contributed by atoms with E-state index in [1.54, 1.807) is 11.3 Å². The van der Waals surface area contributed by atoms with Gasteiger partial charge in [0.25, 0.3) is 0 Å². The number of thiazole rings is 1. The number of piperazine rings is 1. The topological polar surface area (TPSA) is 32.3 Å². The van der Waals surface area contributed by atoms with E-state index in [0.29, 0.717) is 0 Å². The number of pyridine rings is 1. The fourth-order valence-electron chi connectivity index (χ4n) is 3.30. The van der Waals surface area contributed by atoms with Crippen LogP contribution in [0, 0.1) is 0 Å². The lowest BCUT2D eigenvalue weighted by Gasteiger charge is -2.35. The molecule has 0 N–H and O–H groups in total. The molecule has 0 bridgehead atoms. The predicted molar refractivity (Wildman–Crippen MR) is 109 cm³/mol. The Bertz CT molecular complexity index is 821. The molecule has 0 saturated carbocycles. The second kappa shape index (κ2) is 7.98. The molecule has 1 saturated heterocycles. The summed E-state index contributed by atoms with van der Waals surface area (Å²) in [6.07, 6.45) is 2.94. The second-order valence-electron chi connectivity index (χ2n) is 6.65. The summed E-state index contributed by atoms with van der Waals surface area (Å²) in [5.41, 5.74) is 3.77. The monoisotopic (exact) mass is 364 g/mol. The lowest BCUT2D eigenvalue weighted by Crippen LogP contribution is -2.46. The Labute approximate surface area is 159 Å². The van der Waals surface area contributed by atoms with Gasteiger partial charge in [0.1, 0.15) is 10.8 Å². The van der Waals surface area contributed by atoms with Crippen LogP contribution in [0.25, 0.3) is 10.6 Å². The molecule has 0 spiro atoms. The van der Waals surface area contributed by atoms with E-state index in [-0.39, 0.29) is 0 Å². The van der Waals surface area contributed by atoms with Crippen LogP contribution in [-0.4, -0.2) is 41.0 Å². The molecule has 4 nitrogen and oxygen atoms in total. The average molecular weight is 365 g/mol. The first-order chi connectivity index (χ1) is 12.8. The minimum Gasteiger partial charge on any atom is -0.354 e. The molecule has 1 aliphatic rings. The van der Waals surface area contributed by atoms with E-state index < -0.39 is 0 Å². The van der Waals surface area contributed by atoms with Crippen molar-refractivity contribution in [1.82, 2.24) is 14.9 Å². The highest BCUT2D eigenvalue weighted by Gasteiger charge is 2.18. The number of aryl methyl sites for hydroxylation is 1. The van der Waals surface area contributed by atoms with E-state index >= 15 is 0 Å². The molecular formula is C21H24N4S. The van der Waals surface area contributed by atoms with Gasteiger partial charge in [0.05, 0.1) is 5.69 Å². The summed E-state index contributed by atoms with van der Waals surface area (Å²) in [6.45, 7) is 7.26. The second-order valence-corrected chi connectivity index (χ2v) is 7.50. The van der Waals surface area contributed by atoms with E-state index in [9.17, 15) is 0 Å². The summed E-state index contributed by atoms with van der Waals surface area (Å²) in [6, 6.07) is 14.9. The third-order valence-electron chi connectivity index (χ3n) is 4.89. The fraction of sp³-hybridized carbons (Fsp3) is 0.333. The van der Waals surface area contributed by atoms with Crippen LogP contribution in [-0.2, 0) is 13.0 Å². The van der Waals surface area contributed by atoms with E-state index in [1.807, 2.05) is 12.3 Å². The zero-order chi connectivity index (χ0) is 17.8. The van der Waals surface area contributed by atoms with Gasteiger partial charge >= 0.3 is 0 Å². The lowest BCUT2D eigenvalue weighted by atomic mass is 10.1. The van der Waals surface area contributed by atoms with Gasteiger partial charge in [-0.05, 0) is 24.1 Å². The normalized spacial score (nSPS) is 15.3. The zero-order valence-corrected chi connectivity index (χ0v) is 16.0. The Morgan fingerprint density at radius 2 is 1.81 bits per heavy atom. The van der Waals surface area contributed by atoms with Crippen LogP contribution in [0.4, 0.5) is 5.82 Å². The highest BCUT2D eigenvalue weighted by molar-refractivity contribution is 7.13. The molecule has 1 aromatic carbocycles. The largest absolute Gasteiger partial charge is 0.354 e. The van der Waals surface area contributed by atoms with Gasteiger partial charge in [-0.1, -0.05) is 37.3 Å². The Morgan fingerprint density at radius 3 is 2.50 bits per heavy atom. The van der Waals surface area contributed by atoms with Gasteiger partial charge in [-0.2, -0.15) is 0 Å². The Kier molecular flexibility index (Phi) is 5.27.